The van der Waals surface area contributed by atoms with Crippen molar-refractivity contribution in [3.63, 3.8) is 0 Å². The van der Waals surface area contributed by atoms with Crippen LogP contribution in [0.3, 0.4) is 0 Å². The molecule has 0 saturated carbocycles. The lowest BCUT2D eigenvalue weighted by atomic mass is 10.2. The summed E-state index contributed by atoms with van der Waals surface area (Å²) in [5.74, 6) is 1.93. The molecule has 3 rings (SSSR count). The molecule has 0 bridgehead atoms. The average molecular weight is 348 g/mol. The summed E-state index contributed by atoms with van der Waals surface area (Å²) in [4.78, 5) is 10.7. The van der Waals surface area contributed by atoms with Crippen molar-refractivity contribution < 1.29 is 13.2 Å². The van der Waals surface area contributed by atoms with E-state index in [0.29, 0.717) is 12.4 Å². The number of hydrogen-bond acceptors (Lipinski definition) is 6. The molecule has 24 heavy (non-hydrogen) atoms. The lowest BCUT2D eigenvalue weighted by Crippen LogP contribution is -2.25. The van der Waals surface area contributed by atoms with Crippen LogP contribution < -0.4 is 14.4 Å². The Balaban J connectivity index is 1.78. The van der Waals surface area contributed by atoms with E-state index in [1.807, 2.05) is 32.0 Å². The number of nitrogens with zero attached hydrogens (tertiary/aromatic N) is 3. The minimum absolute atomic E-state index is 0.0401. The molecule has 0 atom stereocenters. The van der Waals surface area contributed by atoms with Crippen molar-refractivity contribution in [2.75, 3.05) is 25.6 Å². The van der Waals surface area contributed by atoms with Gasteiger partial charge in [0.25, 0.3) is 0 Å². The Morgan fingerprint density at radius 2 is 2.04 bits per heavy atom. The number of nitrogens with one attached hydrogen (secondary N) is 1. The van der Waals surface area contributed by atoms with Gasteiger partial charge in [-0.25, -0.2) is 23.1 Å². The van der Waals surface area contributed by atoms with Crippen LogP contribution in [-0.4, -0.2) is 39.1 Å². The highest BCUT2D eigenvalue weighted by molar-refractivity contribution is 7.89. The molecule has 128 valence electrons. The number of sulfonamides is 1. The Bertz CT molecular complexity index is 866. The van der Waals surface area contributed by atoms with Crippen LogP contribution in [0.1, 0.15) is 17.1 Å². The van der Waals surface area contributed by atoms with E-state index in [9.17, 15) is 8.42 Å². The summed E-state index contributed by atoms with van der Waals surface area (Å²) in [7, 11) is 0.129. The highest BCUT2D eigenvalue weighted by Gasteiger charge is 2.19. The summed E-state index contributed by atoms with van der Waals surface area (Å²) >= 11 is 0. The van der Waals surface area contributed by atoms with Gasteiger partial charge in [-0.1, -0.05) is 0 Å². The molecule has 0 aliphatic carbocycles. The van der Waals surface area contributed by atoms with Crippen molar-refractivity contribution in [3.8, 4) is 5.75 Å². The van der Waals surface area contributed by atoms with E-state index in [4.69, 9.17) is 4.74 Å². The van der Waals surface area contributed by atoms with Crippen LogP contribution in [0, 0.1) is 6.92 Å². The first-order valence-corrected chi connectivity index (χ1v) is 9.11. The van der Waals surface area contributed by atoms with Gasteiger partial charge in [-0.3, -0.25) is 0 Å². The van der Waals surface area contributed by atoms with Gasteiger partial charge in [0, 0.05) is 32.3 Å². The number of aromatic nitrogens is 2. The maximum absolute atomic E-state index is 12.5. The number of fused-ring (bicyclic) bond motifs is 1. The molecule has 1 aromatic carbocycles. The molecule has 0 unspecified atom stereocenters. The Hall–Kier alpha value is -2.19. The zero-order chi connectivity index (χ0) is 17.3. The van der Waals surface area contributed by atoms with Crippen molar-refractivity contribution in [1.29, 1.82) is 0 Å². The second-order valence-electron chi connectivity index (χ2n) is 5.87. The molecular weight excluding hydrogens is 328 g/mol. The highest BCUT2D eigenvalue weighted by atomic mass is 32.2. The van der Waals surface area contributed by atoms with Gasteiger partial charge in [-0.15, -0.1) is 0 Å². The summed E-state index contributed by atoms with van der Waals surface area (Å²) in [6, 6.07) is 6.75. The van der Waals surface area contributed by atoms with Crippen LogP contribution in [0.4, 0.5) is 5.82 Å². The normalized spacial score (nSPS) is 13.5. The van der Waals surface area contributed by atoms with Crippen molar-refractivity contribution in [1.82, 2.24) is 14.7 Å². The van der Waals surface area contributed by atoms with Gasteiger partial charge >= 0.3 is 0 Å². The van der Waals surface area contributed by atoms with Gasteiger partial charge in [-0.2, -0.15) is 0 Å². The average Bonchev–Trinajstić information content (AvgIpc) is 3.00. The zero-order valence-corrected chi connectivity index (χ0v) is 14.7. The molecule has 1 aliphatic heterocycles. The zero-order valence-electron chi connectivity index (χ0n) is 13.9. The summed E-state index contributed by atoms with van der Waals surface area (Å²) < 4.78 is 33.0. The fraction of sp³-hybridized carbons (Fsp3) is 0.375. The van der Waals surface area contributed by atoms with E-state index in [0.717, 1.165) is 29.2 Å². The molecule has 0 spiro atoms. The number of benzene rings is 1. The molecule has 2 heterocycles. The van der Waals surface area contributed by atoms with E-state index in [1.165, 1.54) is 0 Å². The Morgan fingerprint density at radius 3 is 2.79 bits per heavy atom. The molecule has 7 nitrogen and oxygen atoms in total. The second kappa shape index (κ2) is 6.37. The molecule has 1 aliphatic rings. The van der Waals surface area contributed by atoms with Gasteiger partial charge in [0.05, 0.1) is 18.0 Å². The molecular formula is C16H20N4O3S. The van der Waals surface area contributed by atoms with Crippen LogP contribution in [0.25, 0.3) is 0 Å². The molecule has 1 N–H and O–H groups in total. The number of hydrogen-bond donors (Lipinski definition) is 1. The van der Waals surface area contributed by atoms with E-state index in [2.05, 4.69) is 14.7 Å². The molecule has 8 heteroatoms. The fourth-order valence-corrected chi connectivity index (χ4v) is 3.52. The van der Waals surface area contributed by atoms with Crippen LogP contribution >= 0.6 is 0 Å². The van der Waals surface area contributed by atoms with Crippen LogP contribution in [0.5, 0.6) is 5.75 Å². The largest absolute Gasteiger partial charge is 0.493 e. The van der Waals surface area contributed by atoms with E-state index >= 15 is 0 Å². The Labute approximate surface area is 141 Å². The quantitative estimate of drug-likeness (QED) is 0.876. The third-order valence-corrected chi connectivity index (χ3v) is 5.14. The predicted octanol–water partition coefficient (Wildman–Crippen LogP) is 1.26. The topological polar surface area (TPSA) is 84.4 Å². The van der Waals surface area contributed by atoms with Crippen LogP contribution in [-0.2, 0) is 23.0 Å². The SMILES string of the molecule is Cc1cc(N(C)C)nc(CNS(=O)(=O)c2ccc3c(c2)CCO3)n1. The van der Waals surface area contributed by atoms with Gasteiger partial charge in [-0.05, 0) is 30.7 Å². The van der Waals surface area contributed by atoms with Gasteiger partial charge in [0.15, 0.2) is 0 Å². The van der Waals surface area contributed by atoms with Crippen molar-refractivity contribution >= 4 is 15.8 Å². The molecule has 0 fully saturated rings. The number of aryl methyl sites for hydroxylation is 1. The molecule has 1 aromatic heterocycles. The third kappa shape index (κ3) is 3.49. The van der Waals surface area contributed by atoms with Crippen molar-refractivity contribution in [2.45, 2.75) is 24.8 Å². The number of ether oxygens (including phenoxy) is 1. The van der Waals surface area contributed by atoms with Crippen molar-refractivity contribution in [3.05, 3.63) is 41.3 Å². The summed E-state index contributed by atoms with van der Waals surface area (Å²) in [6.07, 6.45) is 0.728. The number of rotatable bonds is 5. The minimum atomic E-state index is -3.63. The fourth-order valence-electron chi connectivity index (χ4n) is 2.49. The summed E-state index contributed by atoms with van der Waals surface area (Å²) in [5.41, 5.74) is 1.71. The molecule has 0 radical (unpaired) electrons. The van der Waals surface area contributed by atoms with E-state index in [-0.39, 0.29) is 11.4 Å². The van der Waals surface area contributed by atoms with Crippen LogP contribution in [0.15, 0.2) is 29.2 Å². The predicted molar refractivity (Wildman–Crippen MR) is 90.8 cm³/mol. The van der Waals surface area contributed by atoms with Crippen LogP contribution in [0.2, 0.25) is 0 Å². The maximum Gasteiger partial charge on any atom is 0.240 e. The first-order chi connectivity index (χ1) is 11.3. The first kappa shape index (κ1) is 16.7. The maximum atomic E-state index is 12.5. The molecule has 0 amide bonds. The van der Waals surface area contributed by atoms with E-state index < -0.39 is 10.0 Å². The standard InChI is InChI=1S/C16H20N4O3S/c1-11-8-16(20(2)3)19-15(18-11)10-17-24(21,22)13-4-5-14-12(9-13)6-7-23-14/h4-5,8-9,17H,6-7,10H2,1-3H3. The Kier molecular flexibility index (Phi) is 4.42. The third-order valence-electron chi connectivity index (χ3n) is 3.74. The summed E-state index contributed by atoms with van der Waals surface area (Å²) in [6.45, 7) is 2.49. The lowest BCUT2D eigenvalue weighted by molar-refractivity contribution is 0.356. The van der Waals surface area contributed by atoms with Gasteiger partial charge in [0.2, 0.25) is 10.0 Å². The van der Waals surface area contributed by atoms with E-state index in [1.54, 1.807) is 18.2 Å². The number of anilines is 1. The summed E-state index contributed by atoms with van der Waals surface area (Å²) in [5, 5.41) is 0. The minimum Gasteiger partial charge on any atom is -0.493 e. The lowest BCUT2D eigenvalue weighted by Gasteiger charge is -2.13. The monoisotopic (exact) mass is 348 g/mol. The van der Waals surface area contributed by atoms with Gasteiger partial charge in [0.1, 0.15) is 17.4 Å². The van der Waals surface area contributed by atoms with Crippen molar-refractivity contribution in [2.24, 2.45) is 0 Å². The van der Waals surface area contributed by atoms with Gasteiger partial charge < -0.3 is 9.64 Å². The first-order valence-electron chi connectivity index (χ1n) is 7.62. The second-order valence-corrected chi connectivity index (χ2v) is 7.64. The Morgan fingerprint density at radius 1 is 1.25 bits per heavy atom. The molecule has 0 saturated heterocycles. The smallest absolute Gasteiger partial charge is 0.240 e. The highest BCUT2D eigenvalue weighted by Crippen LogP contribution is 2.27. The molecule has 2 aromatic rings.